The third-order valence-corrected chi connectivity index (χ3v) is 3.97. The number of hydrogen-bond acceptors (Lipinski definition) is 3. The van der Waals surface area contributed by atoms with E-state index in [0.29, 0.717) is 31.4 Å². The molecule has 0 bridgehead atoms. The Morgan fingerprint density at radius 1 is 1.25 bits per heavy atom. The lowest BCUT2D eigenvalue weighted by Crippen LogP contribution is -2.41. The van der Waals surface area contributed by atoms with E-state index < -0.39 is 17.8 Å². The molecule has 24 heavy (non-hydrogen) atoms. The average molecular weight is 338 g/mol. The zero-order valence-electron chi connectivity index (χ0n) is 13.8. The predicted octanol–water partition coefficient (Wildman–Crippen LogP) is 3.38. The fraction of sp³-hybridized carbons (Fsp3) is 0.529. The Kier molecular flexibility index (Phi) is 6.00. The van der Waals surface area contributed by atoms with Gasteiger partial charge >= 0.3 is 12.0 Å². The average Bonchev–Trinajstić information content (AvgIpc) is 2.50. The number of carboxylic acid groups (broad SMARTS) is 1. The zero-order valence-corrected chi connectivity index (χ0v) is 13.8. The van der Waals surface area contributed by atoms with Crippen LogP contribution in [0.15, 0.2) is 18.2 Å². The summed E-state index contributed by atoms with van der Waals surface area (Å²) in [5, 5.41) is 14.5. The predicted molar refractivity (Wildman–Crippen MR) is 87.7 cm³/mol. The van der Waals surface area contributed by atoms with Gasteiger partial charge in [-0.2, -0.15) is 0 Å². The summed E-state index contributed by atoms with van der Waals surface area (Å²) < 4.78 is 18.9. The van der Waals surface area contributed by atoms with Crippen LogP contribution >= 0.6 is 0 Å². The number of aliphatic carboxylic acids is 1. The van der Waals surface area contributed by atoms with E-state index in [1.807, 2.05) is 13.8 Å². The van der Waals surface area contributed by atoms with E-state index in [9.17, 15) is 14.0 Å². The van der Waals surface area contributed by atoms with Crippen LogP contribution in [0, 0.1) is 11.7 Å². The number of carbonyl (C=O) groups excluding carboxylic acids is 1. The molecule has 0 aromatic heterocycles. The lowest BCUT2D eigenvalue weighted by atomic mass is 9.86. The summed E-state index contributed by atoms with van der Waals surface area (Å²) in [4.78, 5) is 23.1. The third kappa shape index (κ3) is 5.11. The minimum Gasteiger partial charge on any atom is -0.489 e. The van der Waals surface area contributed by atoms with Gasteiger partial charge < -0.3 is 20.5 Å². The number of carbonyl (C=O) groups is 2. The molecule has 1 saturated carbocycles. The van der Waals surface area contributed by atoms with E-state index in [0.717, 1.165) is 0 Å². The smallest absolute Gasteiger partial charge is 0.319 e. The van der Waals surface area contributed by atoms with Gasteiger partial charge in [-0.25, -0.2) is 9.18 Å². The first-order valence-electron chi connectivity index (χ1n) is 8.11. The van der Waals surface area contributed by atoms with Crippen molar-refractivity contribution in [2.75, 3.05) is 5.32 Å². The number of amides is 2. The van der Waals surface area contributed by atoms with E-state index in [1.165, 1.54) is 18.2 Å². The highest BCUT2D eigenvalue weighted by atomic mass is 19.1. The molecule has 7 heteroatoms. The van der Waals surface area contributed by atoms with Crippen molar-refractivity contribution in [3.8, 4) is 5.75 Å². The highest BCUT2D eigenvalue weighted by Crippen LogP contribution is 2.27. The van der Waals surface area contributed by atoms with Crippen LogP contribution in [0.4, 0.5) is 14.9 Å². The minimum atomic E-state index is -0.778. The molecule has 0 unspecified atom stereocenters. The number of anilines is 1. The van der Waals surface area contributed by atoms with Crippen molar-refractivity contribution in [1.82, 2.24) is 5.32 Å². The fourth-order valence-corrected chi connectivity index (χ4v) is 2.78. The van der Waals surface area contributed by atoms with Gasteiger partial charge in [0.05, 0.1) is 17.7 Å². The van der Waals surface area contributed by atoms with Crippen LogP contribution in [0.3, 0.4) is 0 Å². The van der Waals surface area contributed by atoms with Crippen LogP contribution in [0.1, 0.15) is 39.5 Å². The van der Waals surface area contributed by atoms with Crippen LogP contribution in [0.5, 0.6) is 5.75 Å². The molecule has 1 aromatic carbocycles. The molecule has 0 atom stereocenters. The van der Waals surface area contributed by atoms with Gasteiger partial charge in [0.2, 0.25) is 0 Å². The molecule has 0 heterocycles. The van der Waals surface area contributed by atoms with Crippen molar-refractivity contribution in [3.05, 3.63) is 24.0 Å². The molecule has 1 fully saturated rings. The van der Waals surface area contributed by atoms with Gasteiger partial charge in [-0.05, 0) is 51.7 Å². The molecule has 1 aliphatic carbocycles. The van der Waals surface area contributed by atoms with Crippen molar-refractivity contribution in [3.63, 3.8) is 0 Å². The number of nitrogens with one attached hydrogen (secondary N) is 2. The number of halogens is 1. The summed E-state index contributed by atoms with van der Waals surface area (Å²) in [6.07, 6.45) is 2.21. The Morgan fingerprint density at radius 2 is 1.92 bits per heavy atom. The first kappa shape index (κ1) is 18.0. The van der Waals surface area contributed by atoms with Gasteiger partial charge in [0.15, 0.2) is 0 Å². The summed E-state index contributed by atoms with van der Waals surface area (Å²) >= 11 is 0. The van der Waals surface area contributed by atoms with Crippen LogP contribution in [0.2, 0.25) is 0 Å². The van der Waals surface area contributed by atoms with Crippen molar-refractivity contribution in [2.45, 2.75) is 51.7 Å². The van der Waals surface area contributed by atoms with E-state index in [1.54, 1.807) is 0 Å². The van der Waals surface area contributed by atoms with E-state index in [-0.39, 0.29) is 23.8 Å². The number of urea groups is 1. The molecule has 6 nitrogen and oxygen atoms in total. The first-order valence-corrected chi connectivity index (χ1v) is 8.11. The van der Waals surface area contributed by atoms with Crippen molar-refractivity contribution >= 4 is 17.7 Å². The number of rotatable bonds is 5. The van der Waals surface area contributed by atoms with Crippen molar-refractivity contribution in [1.29, 1.82) is 0 Å². The van der Waals surface area contributed by atoms with Gasteiger partial charge in [-0.15, -0.1) is 0 Å². The van der Waals surface area contributed by atoms with Gasteiger partial charge in [0, 0.05) is 12.1 Å². The fourth-order valence-electron chi connectivity index (χ4n) is 2.78. The summed E-state index contributed by atoms with van der Waals surface area (Å²) in [6.45, 7) is 3.63. The molecule has 3 N–H and O–H groups in total. The van der Waals surface area contributed by atoms with Gasteiger partial charge in [-0.1, -0.05) is 0 Å². The van der Waals surface area contributed by atoms with Crippen LogP contribution in [0.25, 0.3) is 0 Å². The molecule has 2 rings (SSSR count). The van der Waals surface area contributed by atoms with Gasteiger partial charge in [0.1, 0.15) is 11.6 Å². The molecule has 0 aliphatic heterocycles. The number of ether oxygens (including phenoxy) is 1. The van der Waals surface area contributed by atoms with Crippen LogP contribution < -0.4 is 15.4 Å². The Bertz CT molecular complexity index is 598. The number of hydrogen-bond donors (Lipinski definition) is 3. The maximum absolute atomic E-state index is 13.4. The number of carboxylic acids is 1. The summed E-state index contributed by atoms with van der Waals surface area (Å²) in [5.74, 6) is -1.27. The summed E-state index contributed by atoms with van der Waals surface area (Å²) in [7, 11) is 0. The topological polar surface area (TPSA) is 87.7 Å². The molecular weight excluding hydrogens is 315 g/mol. The van der Waals surface area contributed by atoms with Gasteiger partial charge in [-0.3, -0.25) is 4.79 Å². The quantitative estimate of drug-likeness (QED) is 0.768. The highest BCUT2D eigenvalue weighted by molar-refractivity contribution is 5.91. The lowest BCUT2D eigenvalue weighted by Gasteiger charge is -2.27. The van der Waals surface area contributed by atoms with Crippen LogP contribution in [-0.2, 0) is 4.79 Å². The largest absolute Gasteiger partial charge is 0.489 e. The van der Waals surface area contributed by atoms with E-state index in [4.69, 9.17) is 9.84 Å². The van der Waals surface area contributed by atoms with E-state index >= 15 is 0 Å². The molecule has 0 saturated heterocycles. The normalized spacial score (nSPS) is 20.5. The molecule has 132 valence electrons. The molecular formula is C17H23FN2O4. The standard InChI is InChI=1S/C17H23FN2O4/c1-10(2)24-15-9-12(18)5-8-14(15)20-17(23)19-13-6-3-11(4-7-13)16(21)22/h5,8-11,13H,3-4,6-7H2,1-2H3,(H,21,22)(H2,19,20,23). The second kappa shape index (κ2) is 7.99. The SMILES string of the molecule is CC(C)Oc1cc(F)ccc1NC(=O)NC1CCC(C(=O)O)CC1. The van der Waals surface area contributed by atoms with Crippen LogP contribution in [-0.4, -0.2) is 29.3 Å². The molecule has 0 radical (unpaired) electrons. The maximum atomic E-state index is 13.4. The molecule has 0 spiro atoms. The highest BCUT2D eigenvalue weighted by Gasteiger charge is 2.26. The van der Waals surface area contributed by atoms with Crippen molar-refractivity contribution in [2.24, 2.45) is 5.92 Å². The third-order valence-electron chi connectivity index (χ3n) is 3.97. The molecule has 1 aromatic rings. The summed E-state index contributed by atoms with van der Waals surface area (Å²) in [5.41, 5.74) is 0.391. The zero-order chi connectivity index (χ0) is 17.7. The number of benzene rings is 1. The molecule has 1 aliphatic rings. The monoisotopic (exact) mass is 338 g/mol. The Morgan fingerprint density at radius 3 is 2.50 bits per heavy atom. The molecule has 2 amide bonds. The second-order valence-corrected chi connectivity index (χ2v) is 6.29. The lowest BCUT2D eigenvalue weighted by molar-refractivity contribution is -0.142. The Hall–Kier alpha value is -2.31. The summed E-state index contributed by atoms with van der Waals surface area (Å²) in [6, 6.07) is 3.46. The second-order valence-electron chi connectivity index (χ2n) is 6.29. The maximum Gasteiger partial charge on any atom is 0.319 e. The first-order chi connectivity index (χ1) is 11.3. The van der Waals surface area contributed by atoms with Gasteiger partial charge in [0.25, 0.3) is 0 Å². The van der Waals surface area contributed by atoms with Crippen molar-refractivity contribution < 1.29 is 23.8 Å². The minimum absolute atomic E-state index is 0.0597. The Labute approximate surface area is 140 Å². The Balaban J connectivity index is 1.92. The van der Waals surface area contributed by atoms with E-state index in [2.05, 4.69) is 10.6 Å².